The number of carbonyl (C=O) groups excluding carboxylic acids is 1. The normalized spacial score (nSPS) is 11.7. The Hall–Kier alpha value is -1.66. The van der Waals surface area contributed by atoms with E-state index in [1.807, 2.05) is 12.1 Å². The summed E-state index contributed by atoms with van der Waals surface area (Å²) >= 11 is 0. The Morgan fingerprint density at radius 1 is 1.64 bits per heavy atom. The van der Waals surface area contributed by atoms with Crippen LogP contribution in [0.4, 0.5) is 0 Å². The van der Waals surface area contributed by atoms with Crippen LogP contribution in [-0.2, 0) is 11.2 Å². The van der Waals surface area contributed by atoms with Crippen LogP contribution in [0.3, 0.4) is 0 Å². The number of hydrogen-bond acceptors (Lipinski definition) is 3. The van der Waals surface area contributed by atoms with E-state index in [9.17, 15) is 4.79 Å². The van der Waals surface area contributed by atoms with E-state index in [-0.39, 0.29) is 6.04 Å². The predicted molar refractivity (Wildman–Crippen MR) is 53.8 cm³/mol. The van der Waals surface area contributed by atoms with E-state index in [1.54, 1.807) is 19.2 Å². The van der Waals surface area contributed by atoms with E-state index in [4.69, 9.17) is 5.26 Å². The van der Waals surface area contributed by atoms with Gasteiger partial charge in [-0.2, -0.15) is 5.26 Å². The van der Waals surface area contributed by atoms with Gasteiger partial charge >= 0.3 is 0 Å². The second-order valence-corrected chi connectivity index (χ2v) is 3.05. The fraction of sp³-hybridized carbons (Fsp3) is 0.273. The van der Waals surface area contributed by atoms with Gasteiger partial charge < -0.3 is 10.1 Å². The highest BCUT2D eigenvalue weighted by atomic mass is 16.1. The minimum Gasteiger partial charge on any atom is -0.311 e. The van der Waals surface area contributed by atoms with E-state index in [0.29, 0.717) is 12.0 Å². The molecule has 0 bridgehead atoms. The van der Waals surface area contributed by atoms with Crippen LogP contribution in [0.25, 0.3) is 0 Å². The number of aldehydes is 1. The van der Waals surface area contributed by atoms with Crippen molar-refractivity contribution in [3.8, 4) is 6.07 Å². The third-order valence-electron chi connectivity index (χ3n) is 2.05. The van der Waals surface area contributed by atoms with Crippen LogP contribution in [0, 0.1) is 11.3 Å². The van der Waals surface area contributed by atoms with E-state index in [0.717, 1.165) is 11.8 Å². The van der Waals surface area contributed by atoms with Crippen molar-refractivity contribution >= 4 is 6.29 Å². The molecular formula is C11H12N2O. The molecule has 14 heavy (non-hydrogen) atoms. The SMILES string of the molecule is CNC(C=O)Cc1cccc(C#N)c1. The molecule has 1 aromatic carbocycles. The zero-order valence-corrected chi connectivity index (χ0v) is 8.03. The van der Waals surface area contributed by atoms with Gasteiger partial charge in [-0.25, -0.2) is 0 Å². The maximum atomic E-state index is 10.6. The van der Waals surface area contributed by atoms with Gasteiger partial charge in [-0.05, 0) is 31.2 Å². The number of hydrogen-bond donors (Lipinski definition) is 1. The Morgan fingerprint density at radius 2 is 2.43 bits per heavy atom. The standard InChI is InChI=1S/C11H12N2O/c1-13-11(8-14)6-9-3-2-4-10(5-9)7-12/h2-5,8,11,13H,6H2,1H3. The molecule has 0 aliphatic rings. The average Bonchev–Trinajstić information content (AvgIpc) is 2.26. The van der Waals surface area contributed by atoms with Gasteiger partial charge in [0.2, 0.25) is 0 Å². The molecule has 1 rings (SSSR count). The second-order valence-electron chi connectivity index (χ2n) is 3.05. The average molecular weight is 188 g/mol. The van der Waals surface area contributed by atoms with Crippen LogP contribution in [-0.4, -0.2) is 19.4 Å². The first-order valence-electron chi connectivity index (χ1n) is 4.41. The summed E-state index contributed by atoms with van der Waals surface area (Å²) in [5.74, 6) is 0. The molecule has 0 aliphatic carbocycles. The van der Waals surface area contributed by atoms with Gasteiger partial charge in [0, 0.05) is 0 Å². The highest BCUT2D eigenvalue weighted by molar-refractivity contribution is 5.58. The number of carbonyl (C=O) groups is 1. The van der Waals surface area contributed by atoms with Crippen LogP contribution >= 0.6 is 0 Å². The zero-order chi connectivity index (χ0) is 10.4. The summed E-state index contributed by atoms with van der Waals surface area (Å²) in [6, 6.07) is 9.18. The van der Waals surface area contributed by atoms with Crippen LogP contribution in [0.15, 0.2) is 24.3 Å². The van der Waals surface area contributed by atoms with Crippen molar-refractivity contribution in [2.24, 2.45) is 0 Å². The molecular weight excluding hydrogens is 176 g/mol. The van der Waals surface area contributed by atoms with Crippen LogP contribution in [0.2, 0.25) is 0 Å². The molecule has 0 radical (unpaired) electrons. The summed E-state index contributed by atoms with van der Waals surface area (Å²) in [6.07, 6.45) is 1.49. The molecule has 1 N–H and O–H groups in total. The lowest BCUT2D eigenvalue weighted by Crippen LogP contribution is -2.28. The van der Waals surface area contributed by atoms with Crippen molar-refractivity contribution in [1.29, 1.82) is 5.26 Å². The largest absolute Gasteiger partial charge is 0.311 e. The molecule has 0 heterocycles. The van der Waals surface area contributed by atoms with Crippen LogP contribution in [0.1, 0.15) is 11.1 Å². The molecule has 72 valence electrons. The molecule has 0 aromatic heterocycles. The first-order valence-corrected chi connectivity index (χ1v) is 4.41. The van der Waals surface area contributed by atoms with Gasteiger partial charge in [0.25, 0.3) is 0 Å². The van der Waals surface area contributed by atoms with Gasteiger partial charge in [0.05, 0.1) is 17.7 Å². The Morgan fingerprint density at radius 3 is 3.00 bits per heavy atom. The molecule has 0 fully saturated rings. The molecule has 0 spiro atoms. The second kappa shape index (κ2) is 5.15. The summed E-state index contributed by atoms with van der Waals surface area (Å²) in [4.78, 5) is 10.6. The third kappa shape index (κ3) is 2.68. The lowest BCUT2D eigenvalue weighted by Gasteiger charge is -2.08. The van der Waals surface area contributed by atoms with Gasteiger partial charge in [-0.3, -0.25) is 0 Å². The van der Waals surface area contributed by atoms with Gasteiger partial charge in [0.15, 0.2) is 0 Å². The van der Waals surface area contributed by atoms with Crippen molar-refractivity contribution < 1.29 is 4.79 Å². The molecule has 1 aromatic rings. The monoisotopic (exact) mass is 188 g/mol. The molecule has 0 aliphatic heterocycles. The molecule has 3 heteroatoms. The van der Waals surface area contributed by atoms with Crippen LogP contribution < -0.4 is 5.32 Å². The number of likely N-dealkylation sites (N-methyl/N-ethyl adjacent to an activating group) is 1. The summed E-state index contributed by atoms with van der Waals surface area (Å²) < 4.78 is 0. The molecule has 3 nitrogen and oxygen atoms in total. The molecule has 1 atom stereocenters. The van der Waals surface area contributed by atoms with E-state index >= 15 is 0 Å². The summed E-state index contributed by atoms with van der Waals surface area (Å²) in [5, 5.41) is 11.6. The lowest BCUT2D eigenvalue weighted by atomic mass is 10.0. The Labute approximate surface area is 83.4 Å². The fourth-order valence-corrected chi connectivity index (χ4v) is 1.24. The Kier molecular flexibility index (Phi) is 3.84. The number of nitriles is 1. The highest BCUT2D eigenvalue weighted by Gasteiger charge is 2.05. The van der Waals surface area contributed by atoms with Crippen molar-refractivity contribution in [2.45, 2.75) is 12.5 Å². The minimum atomic E-state index is -0.177. The van der Waals surface area contributed by atoms with Crippen molar-refractivity contribution in [2.75, 3.05) is 7.05 Å². The van der Waals surface area contributed by atoms with Gasteiger partial charge in [-0.15, -0.1) is 0 Å². The first kappa shape index (κ1) is 10.4. The fourth-order valence-electron chi connectivity index (χ4n) is 1.24. The number of rotatable bonds is 4. The quantitative estimate of drug-likeness (QED) is 0.714. The Balaban J connectivity index is 2.76. The molecule has 0 saturated carbocycles. The third-order valence-corrected chi connectivity index (χ3v) is 2.05. The maximum Gasteiger partial charge on any atom is 0.137 e. The minimum absolute atomic E-state index is 0.177. The zero-order valence-electron chi connectivity index (χ0n) is 8.03. The van der Waals surface area contributed by atoms with E-state index < -0.39 is 0 Å². The summed E-state index contributed by atoms with van der Waals surface area (Å²) in [5.41, 5.74) is 1.62. The predicted octanol–water partition coefficient (Wildman–Crippen LogP) is 0.888. The van der Waals surface area contributed by atoms with Crippen molar-refractivity contribution in [3.05, 3.63) is 35.4 Å². The van der Waals surface area contributed by atoms with Crippen LogP contribution in [0.5, 0.6) is 0 Å². The molecule has 0 amide bonds. The summed E-state index contributed by atoms with van der Waals surface area (Å²) in [6.45, 7) is 0. The van der Waals surface area contributed by atoms with Crippen molar-refractivity contribution in [3.63, 3.8) is 0 Å². The van der Waals surface area contributed by atoms with Gasteiger partial charge in [0.1, 0.15) is 6.29 Å². The van der Waals surface area contributed by atoms with Crippen molar-refractivity contribution in [1.82, 2.24) is 5.32 Å². The topological polar surface area (TPSA) is 52.9 Å². The highest BCUT2D eigenvalue weighted by Crippen LogP contribution is 2.06. The lowest BCUT2D eigenvalue weighted by molar-refractivity contribution is -0.109. The smallest absolute Gasteiger partial charge is 0.137 e. The Bertz CT molecular complexity index is 355. The first-order chi connectivity index (χ1) is 6.80. The maximum absolute atomic E-state index is 10.6. The van der Waals surface area contributed by atoms with E-state index in [2.05, 4.69) is 11.4 Å². The molecule has 1 unspecified atom stereocenters. The number of nitrogens with zero attached hydrogens (tertiary/aromatic N) is 1. The van der Waals surface area contributed by atoms with Gasteiger partial charge in [-0.1, -0.05) is 12.1 Å². The van der Waals surface area contributed by atoms with E-state index in [1.165, 1.54) is 0 Å². The number of benzene rings is 1. The molecule has 0 saturated heterocycles. The number of nitrogens with one attached hydrogen (secondary N) is 1. The summed E-state index contributed by atoms with van der Waals surface area (Å²) in [7, 11) is 1.74.